The van der Waals surface area contributed by atoms with Gasteiger partial charge in [-0.2, -0.15) is 8.78 Å². The summed E-state index contributed by atoms with van der Waals surface area (Å²) >= 11 is 0. The maximum absolute atomic E-state index is 12.2. The molecule has 0 aromatic heterocycles. The summed E-state index contributed by atoms with van der Waals surface area (Å²) in [7, 11) is 1.22. The molecule has 10 heteroatoms. The van der Waals surface area contributed by atoms with Crippen molar-refractivity contribution in [2.24, 2.45) is 5.73 Å². The number of carbonyl (C=O) groups excluding carboxylic acids is 3. The minimum absolute atomic E-state index is 0.0456. The zero-order valence-corrected chi connectivity index (χ0v) is 12.9. The number of esters is 1. The molecule has 8 nitrogen and oxygen atoms in total. The molecule has 132 valence electrons. The molecule has 0 fully saturated rings. The van der Waals surface area contributed by atoms with Gasteiger partial charge in [-0.05, 0) is 25.1 Å². The predicted molar refractivity (Wildman–Crippen MR) is 76.7 cm³/mol. The Morgan fingerprint density at radius 3 is 2.46 bits per heavy atom. The largest absolute Gasteiger partial charge is 0.493 e. The molecule has 1 atom stereocenters. The van der Waals surface area contributed by atoms with Crippen LogP contribution in [0.5, 0.6) is 11.5 Å². The Labute approximate surface area is 135 Å². The van der Waals surface area contributed by atoms with Gasteiger partial charge < -0.3 is 25.3 Å². The number of nitrogens with one attached hydrogen (secondary N) is 1. The average Bonchev–Trinajstić information content (AvgIpc) is 2.52. The highest BCUT2D eigenvalue weighted by molar-refractivity contribution is 5.96. The highest BCUT2D eigenvalue weighted by atomic mass is 19.3. The molecule has 0 aliphatic carbocycles. The first-order valence-electron chi connectivity index (χ1n) is 6.64. The number of hydrogen-bond donors (Lipinski definition) is 2. The quantitative estimate of drug-likeness (QED) is 0.660. The summed E-state index contributed by atoms with van der Waals surface area (Å²) in [5.41, 5.74) is 4.97. The molecule has 0 radical (unpaired) electrons. The van der Waals surface area contributed by atoms with Crippen molar-refractivity contribution in [1.29, 1.82) is 0 Å². The van der Waals surface area contributed by atoms with Gasteiger partial charge in [-0.3, -0.25) is 14.4 Å². The molecule has 0 aliphatic heterocycles. The number of amides is 2. The van der Waals surface area contributed by atoms with Gasteiger partial charge in [0.05, 0.1) is 7.11 Å². The van der Waals surface area contributed by atoms with Crippen LogP contribution in [0.1, 0.15) is 17.3 Å². The lowest BCUT2D eigenvalue weighted by Crippen LogP contribution is -2.36. The standard InChI is InChI=1S/C14H16F2N2O6/c1-7(12(17)20)23-11(19)6-18-13(21)8-3-4-9(24-14(15)16)10(5-8)22-2/h3-5,7,14H,6H2,1-2H3,(H2,17,20)(H,18,21)/t7-/m0/s1. The maximum atomic E-state index is 12.2. The first kappa shape index (κ1) is 19.1. The number of methoxy groups -OCH3 is 1. The van der Waals surface area contributed by atoms with Crippen LogP contribution in [0.3, 0.4) is 0 Å². The van der Waals surface area contributed by atoms with Crippen molar-refractivity contribution in [1.82, 2.24) is 5.32 Å². The molecule has 1 rings (SSSR count). The fraction of sp³-hybridized carbons (Fsp3) is 0.357. The van der Waals surface area contributed by atoms with E-state index in [0.717, 1.165) is 6.07 Å². The van der Waals surface area contributed by atoms with Crippen molar-refractivity contribution in [3.8, 4) is 11.5 Å². The van der Waals surface area contributed by atoms with Gasteiger partial charge >= 0.3 is 12.6 Å². The Bertz CT molecular complexity index is 623. The number of rotatable bonds is 8. The predicted octanol–water partition coefficient (Wildman–Crippen LogP) is 0.443. The molecular formula is C14H16F2N2O6. The van der Waals surface area contributed by atoms with Crippen LogP contribution in [0, 0.1) is 0 Å². The molecule has 0 bridgehead atoms. The summed E-state index contributed by atoms with van der Waals surface area (Å²) in [5.74, 6) is -2.68. The smallest absolute Gasteiger partial charge is 0.387 e. The monoisotopic (exact) mass is 346 g/mol. The van der Waals surface area contributed by atoms with E-state index in [4.69, 9.17) is 10.5 Å². The van der Waals surface area contributed by atoms with E-state index in [9.17, 15) is 23.2 Å². The molecule has 0 heterocycles. The minimum Gasteiger partial charge on any atom is -0.493 e. The summed E-state index contributed by atoms with van der Waals surface area (Å²) in [6.45, 7) is -2.26. The Morgan fingerprint density at radius 2 is 1.92 bits per heavy atom. The van der Waals surface area contributed by atoms with Gasteiger partial charge in [0.15, 0.2) is 17.6 Å². The lowest BCUT2D eigenvalue weighted by atomic mass is 10.2. The van der Waals surface area contributed by atoms with E-state index in [2.05, 4.69) is 14.8 Å². The second kappa shape index (κ2) is 8.65. The van der Waals surface area contributed by atoms with Crippen LogP contribution < -0.4 is 20.5 Å². The Morgan fingerprint density at radius 1 is 1.25 bits per heavy atom. The van der Waals surface area contributed by atoms with Gasteiger partial charge in [-0.1, -0.05) is 0 Å². The zero-order chi connectivity index (χ0) is 18.3. The Kier molecular flexibility index (Phi) is 6.90. The SMILES string of the molecule is COc1cc(C(=O)NCC(=O)O[C@@H](C)C(N)=O)ccc1OC(F)F. The number of alkyl halides is 2. The second-order valence-electron chi connectivity index (χ2n) is 4.46. The van der Waals surface area contributed by atoms with Crippen molar-refractivity contribution in [2.75, 3.05) is 13.7 Å². The van der Waals surface area contributed by atoms with E-state index in [1.54, 1.807) is 0 Å². The summed E-state index contributed by atoms with van der Waals surface area (Å²) in [6, 6.07) is 3.52. The minimum atomic E-state index is -3.04. The van der Waals surface area contributed by atoms with Crippen LogP contribution in [0.4, 0.5) is 8.78 Å². The van der Waals surface area contributed by atoms with Crippen molar-refractivity contribution < 1.29 is 37.4 Å². The Balaban J connectivity index is 2.68. The molecule has 24 heavy (non-hydrogen) atoms. The molecule has 2 amide bonds. The fourth-order valence-electron chi connectivity index (χ4n) is 1.55. The molecule has 0 saturated heterocycles. The van der Waals surface area contributed by atoms with Crippen LogP contribution in [-0.2, 0) is 14.3 Å². The topological polar surface area (TPSA) is 117 Å². The summed E-state index contributed by atoms with van der Waals surface area (Å²) in [4.78, 5) is 34.1. The number of halogens is 2. The molecule has 0 saturated carbocycles. The van der Waals surface area contributed by atoms with Gasteiger partial charge in [0.2, 0.25) is 0 Å². The fourth-order valence-corrected chi connectivity index (χ4v) is 1.55. The second-order valence-corrected chi connectivity index (χ2v) is 4.46. The normalized spacial score (nSPS) is 11.5. The summed E-state index contributed by atoms with van der Waals surface area (Å²) in [5, 5.41) is 2.24. The van der Waals surface area contributed by atoms with Gasteiger partial charge in [0.25, 0.3) is 11.8 Å². The van der Waals surface area contributed by atoms with Crippen LogP contribution in [0.2, 0.25) is 0 Å². The number of benzene rings is 1. The molecule has 0 spiro atoms. The molecular weight excluding hydrogens is 330 g/mol. The van der Waals surface area contributed by atoms with Crippen molar-refractivity contribution >= 4 is 17.8 Å². The van der Waals surface area contributed by atoms with E-state index in [0.29, 0.717) is 0 Å². The van der Waals surface area contributed by atoms with E-state index < -0.39 is 37.0 Å². The summed E-state index contributed by atoms with van der Waals surface area (Å²) in [6.07, 6.45) is -1.12. The first-order chi connectivity index (χ1) is 11.2. The van der Waals surface area contributed by atoms with E-state index in [1.807, 2.05) is 0 Å². The molecule has 1 aromatic rings. The number of primary amides is 1. The van der Waals surface area contributed by atoms with Gasteiger partial charge in [-0.15, -0.1) is 0 Å². The van der Waals surface area contributed by atoms with E-state index in [1.165, 1.54) is 26.2 Å². The third kappa shape index (κ3) is 5.71. The third-order valence-corrected chi connectivity index (χ3v) is 2.74. The molecule has 3 N–H and O–H groups in total. The van der Waals surface area contributed by atoms with Crippen LogP contribution >= 0.6 is 0 Å². The highest BCUT2D eigenvalue weighted by Gasteiger charge is 2.17. The van der Waals surface area contributed by atoms with E-state index in [-0.39, 0.29) is 17.1 Å². The number of hydrogen-bond acceptors (Lipinski definition) is 6. The third-order valence-electron chi connectivity index (χ3n) is 2.74. The average molecular weight is 346 g/mol. The van der Waals surface area contributed by atoms with Crippen molar-refractivity contribution in [3.63, 3.8) is 0 Å². The van der Waals surface area contributed by atoms with Crippen molar-refractivity contribution in [2.45, 2.75) is 19.6 Å². The first-order valence-corrected chi connectivity index (χ1v) is 6.64. The lowest BCUT2D eigenvalue weighted by Gasteiger charge is -2.12. The lowest BCUT2D eigenvalue weighted by molar-refractivity contribution is -0.152. The van der Waals surface area contributed by atoms with Gasteiger partial charge in [-0.25, -0.2) is 0 Å². The maximum Gasteiger partial charge on any atom is 0.387 e. The summed E-state index contributed by atoms with van der Waals surface area (Å²) < 4.78 is 38.2. The van der Waals surface area contributed by atoms with Crippen LogP contribution in [0.25, 0.3) is 0 Å². The number of nitrogens with two attached hydrogens (primary N) is 1. The Hall–Kier alpha value is -2.91. The molecule has 1 aromatic carbocycles. The van der Waals surface area contributed by atoms with Crippen LogP contribution in [-0.4, -0.2) is 44.2 Å². The van der Waals surface area contributed by atoms with Crippen LogP contribution in [0.15, 0.2) is 18.2 Å². The van der Waals surface area contributed by atoms with Crippen molar-refractivity contribution in [3.05, 3.63) is 23.8 Å². The molecule has 0 aliphatic rings. The van der Waals surface area contributed by atoms with Gasteiger partial charge in [0, 0.05) is 5.56 Å². The van der Waals surface area contributed by atoms with Gasteiger partial charge in [0.1, 0.15) is 6.54 Å². The van der Waals surface area contributed by atoms with E-state index >= 15 is 0 Å². The highest BCUT2D eigenvalue weighted by Crippen LogP contribution is 2.29. The number of carbonyl (C=O) groups is 3. The zero-order valence-electron chi connectivity index (χ0n) is 12.9. The molecule has 0 unspecified atom stereocenters. The number of ether oxygens (including phenoxy) is 3.